The third-order valence-corrected chi connectivity index (χ3v) is 7.47. The summed E-state index contributed by atoms with van der Waals surface area (Å²) >= 11 is 12.4. The molecule has 3 aromatic rings. The average Bonchev–Trinajstić information content (AvgIpc) is 3.23. The van der Waals surface area contributed by atoms with Crippen molar-refractivity contribution in [2.24, 2.45) is 0 Å². The summed E-state index contributed by atoms with van der Waals surface area (Å²) in [7, 11) is -3.87. The average molecular weight is 480 g/mol. The van der Waals surface area contributed by atoms with Gasteiger partial charge in [0, 0.05) is 16.6 Å². The molecule has 2 aromatic carbocycles. The number of H-pyrrole nitrogens is 1. The highest BCUT2D eigenvalue weighted by atomic mass is 35.5. The number of aromatic amines is 1. The maximum Gasteiger partial charge on any atom is 0.264 e. The first-order valence-electron chi connectivity index (χ1n) is 9.50. The lowest BCUT2D eigenvalue weighted by molar-refractivity contribution is -0.133. The van der Waals surface area contributed by atoms with Crippen molar-refractivity contribution in [2.45, 2.75) is 30.7 Å². The van der Waals surface area contributed by atoms with Crippen molar-refractivity contribution in [2.75, 3.05) is 11.3 Å². The van der Waals surface area contributed by atoms with Crippen LogP contribution in [-0.2, 0) is 27.7 Å². The van der Waals surface area contributed by atoms with Crippen molar-refractivity contribution >= 4 is 45.1 Å². The smallest absolute Gasteiger partial charge is 0.264 e. The van der Waals surface area contributed by atoms with Gasteiger partial charge in [-0.15, -0.1) is 0 Å². The van der Waals surface area contributed by atoms with Crippen LogP contribution in [0.2, 0.25) is 10.0 Å². The maximum absolute atomic E-state index is 13.0. The summed E-state index contributed by atoms with van der Waals surface area (Å²) in [5.74, 6) is -0.0870. The Kier molecular flexibility index (Phi) is 5.92. The molecule has 1 aliphatic heterocycles. The van der Waals surface area contributed by atoms with Crippen molar-refractivity contribution in [3.05, 3.63) is 69.5 Å². The molecule has 11 heteroatoms. The fraction of sp³-hybridized carbons (Fsp3) is 0.250. The molecule has 0 saturated carbocycles. The Bertz CT molecular complexity index is 1210. The van der Waals surface area contributed by atoms with Gasteiger partial charge in [-0.1, -0.05) is 41.4 Å². The molecule has 0 aliphatic carbocycles. The third kappa shape index (κ3) is 4.26. The molecule has 0 spiro atoms. The van der Waals surface area contributed by atoms with E-state index < -0.39 is 10.0 Å². The van der Waals surface area contributed by atoms with Gasteiger partial charge in [0.15, 0.2) is 0 Å². The summed E-state index contributed by atoms with van der Waals surface area (Å²) in [5, 5.41) is 7.01. The van der Waals surface area contributed by atoms with Gasteiger partial charge in [0.05, 0.1) is 17.4 Å². The lowest BCUT2D eigenvalue weighted by Gasteiger charge is -2.36. The fourth-order valence-electron chi connectivity index (χ4n) is 3.82. The van der Waals surface area contributed by atoms with Crippen molar-refractivity contribution in [1.29, 1.82) is 0 Å². The molecule has 2 heterocycles. The SMILES string of the molecule is C[C@H]1c2cccc(S(=O)(=O)Nc3ncn[nH]3)c2CCN1C(=O)Cc1c(Cl)cccc1Cl. The number of sulfonamides is 1. The van der Waals surface area contributed by atoms with E-state index in [4.69, 9.17) is 23.2 Å². The highest BCUT2D eigenvalue weighted by Gasteiger charge is 2.32. The number of rotatable bonds is 5. The van der Waals surface area contributed by atoms with Crippen molar-refractivity contribution in [1.82, 2.24) is 20.1 Å². The number of carbonyl (C=O) groups is 1. The van der Waals surface area contributed by atoms with Crippen LogP contribution < -0.4 is 4.72 Å². The van der Waals surface area contributed by atoms with Gasteiger partial charge < -0.3 is 4.90 Å². The first kappa shape index (κ1) is 21.6. The zero-order chi connectivity index (χ0) is 22.2. The second kappa shape index (κ2) is 8.49. The molecule has 31 heavy (non-hydrogen) atoms. The Hall–Kier alpha value is -2.62. The van der Waals surface area contributed by atoms with Crippen LogP contribution in [0.4, 0.5) is 5.95 Å². The predicted octanol–water partition coefficient (Wildman–Crippen LogP) is 3.60. The molecule has 0 fully saturated rings. The molecule has 0 radical (unpaired) electrons. The van der Waals surface area contributed by atoms with Gasteiger partial charge in [0.25, 0.3) is 10.0 Å². The Morgan fingerprint density at radius 1 is 1.23 bits per heavy atom. The van der Waals surface area contributed by atoms with E-state index in [9.17, 15) is 13.2 Å². The minimum Gasteiger partial charge on any atom is -0.335 e. The van der Waals surface area contributed by atoms with Gasteiger partial charge in [-0.3, -0.25) is 4.79 Å². The summed E-state index contributed by atoms with van der Waals surface area (Å²) < 4.78 is 28.2. The number of benzene rings is 2. The minimum atomic E-state index is -3.87. The van der Waals surface area contributed by atoms with Crippen molar-refractivity contribution < 1.29 is 13.2 Å². The minimum absolute atomic E-state index is 0.0369. The number of nitrogens with one attached hydrogen (secondary N) is 2. The standard InChI is InChI=1S/C20H19Cl2N5O3S/c1-12-13-4-2-7-18(31(29,30)26-20-23-11-24-25-20)14(13)8-9-27(12)19(28)10-15-16(21)5-3-6-17(15)22/h2-7,11-12H,8-10H2,1H3,(H2,23,24,25,26)/t12-/m0/s1. The molecule has 1 amide bonds. The summed E-state index contributed by atoms with van der Waals surface area (Å²) in [4.78, 5) is 18.7. The van der Waals surface area contributed by atoms with E-state index in [1.165, 1.54) is 6.33 Å². The van der Waals surface area contributed by atoms with Crippen molar-refractivity contribution in [3.8, 4) is 0 Å². The van der Waals surface area contributed by atoms with Crippen LogP contribution in [0.25, 0.3) is 0 Å². The number of aromatic nitrogens is 3. The number of carbonyl (C=O) groups excluding carboxylic acids is 1. The van der Waals surface area contributed by atoms with E-state index >= 15 is 0 Å². The molecular formula is C20H19Cl2N5O3S. The first-order chi connectivity index (χ1) is 14.8. The topological polar surface area (TPSA) is 108 Å². The van der Waals surface area contributed by atoms with Gasteiger partial charge in [0.1, 0.15) is 6.33 Å². The summed E-state index contributed by atoms with van der Waals surface area (Å²) in [5.41, 5.74) is 2.05. The zero-order valence-electron chi connectivity index (χ0n) is 16.5. The number of hydrogen-bond acceptors (Lipinski definition) is 5. The van der Waals surface area contributed by atoms with Crippen LogP contribution in [0, 0.1) is 0 Å². The lowest BCUT2D eigenvalue weighted by atomic mass is 9.93. The van der Waals surface area contributed by atoms with Gasteiger partial charge in [-0.2, -0.15) is 10.1 Å². The molecule has 1 aromatic heterocycles. The first-order valence-corrected chi connectivity index (χ1v) is 11.7. The van der Waals surface area contributed by atoms with Crippen molar-refractivity contribution in [3.63, 3.8) is 0 Å². The Labute approximate surface area is 189 Å². The Morgan fingerprint density at radius 2 is 1.94 bits per heavy atom. The van der Waals surface area contributed by atoms with E-state index in [1.807, 2.05) is 13.0 Å². The number of anilines is 1. The number of fused-ring (bicyclic) bond motifs is 1. The normalized spacial score (nSPS) is 16.1. The largest absolute Gasteiger partial charge is 0.335 e. The van der Waals surface area contributed by atoms with Gasteiger partial charge in [-0.25, -0.2) is 18.2 Å². The summed E-state index contributed by atoms with van der Waals surface area (Å²) in [6.07, 6.45) is 1.69. The monoisotopic (exact) mass is 479 g/mol. The van der Waals surface area contributed by atoms with E-state index in [0.717, 1.165) is 5.56 Å². The van der Waals surface area contributed by atoms with E-state index in [2.05, 4.69) is 19.9 Å². The van der Waals surface area contributed by atoms with Crippen LogP contribution in [0.1, 0.15) is 29.7 Å². The van der Waals surface area contributed by atoms with E-state index in [0.29, 0.717) is 34.1 Å². The number of halogens is 2. The second-order valence-corrected chi connectivity index (χ2v) is 9.62. The molecule has 2 N–H and O–H groups in total. The summed E-state index contributed by atoms with van der Waals surface area (Å²) in [6, 6.07) is 9.88. The summed E-state index contributed by atoms with van der Waals surface area (Å²) in [6.45, 7) is 2.26. The van der Waals surface area contributed by atoms with Gasteiger partial charge in [0.2, 0.25) is 11.9 Å². The van der Waals surface area contributed by atoms with E-state index in [-0.39, 0.29) is 29.2 Å². The molecule has 4 rings (SSSR count). The van der Waals surface area contributed by atoms with Crippen LogP contribution in [0.3, 0.4) is 0 Å². The van der Waals surface area contributed by atoms with Crippen LogP contribution in [0.15, 0.2) is 47.6 Å². The molecule has 0 bridgehead atoms. The molecule has 1 atom stereocenters. The van der Waals surface area contributed by atoms with Crippen LogP contribution >= 0.6 is 23.2 Å². The zero-order valence-corrected chi connectivity index (χ0v) is 18.8. The molecule has 8 nitrogen and oxygen atoms in total. The van der Waals surface area contributed by atoms with E-state index in [1.54, 1.807) is 35.2 Å². The van der Waals surface area contributed by atoms with Gasteiger partial charge in [-0.05, 0) is 48.2 Å². The third-order valence-electron chi connectivity index (χ3n) is 5.34. The lowest BCUT2D eigenvalue weighted by Crippen LogP contribution is -2.40. The maximum atomic E-state index is 13.0. The fourth-order valence-corrected chi connectivity index (χ4v) is 5.61. The molecule has 162 valence electrons. The molecule has 1 aliphatic rings. The molecular weight excluding hydrogens is 461 g/mol. The number of hydrogen-bond donors (Lipinski definition) is 2. The van der Waals surface area contributed by atoms with Gasteiger partial charge >= 0.3 is 0 Å². The quantitative estimate of drug-likeness (QED) is 0.580. The second-order valence-electron chi connectivity index (χ2n) is 7.15. The number of amides is 1. The highest BCUT2D eigenvalue weighted by Crippen LogP contribution is 2.35. The van der Waals surface area contributed by atoms with Crippen LogP contribution in [0.5, 0.6) is 0 Å². The molecule has 0 unspecified atom stereocenters. The molecule has 0 saturated heterocycles. The van der Waals surface area contributed by atoms with Crippen LogP contribution in [-0.4, -0.2) is 41.0 Å². The Morgan fingerprint density at radius 3 is 2.61 bits per heavy atom. The Balaban J connectivity index is 1.60. The number of nitrogens with zero attached hydrogens (tertiary/aromatic N) is 3. The predicted molar refractivity (Wildman–Crippen MR) is 118 cm³/mol. The highest BCUT2D eigenvalue weighted by molar-refractivity contribution is 7.92.